The van der Waals surface area contributed by atoms with E-state index in [-0.39, 0.29) is 5.89 Å². The second kappa shape index (κ2) is 4.52. The summed E-state index contributed by atoms with van der Waals surface area (Å²) in [5.41, 5.74) is 6.45. The van der Waals surface area contributed by atoms with Crippen LogP contribution in [0, 0.1) is 0 Å². The van der Waals surface area contributed by atoms with Crippen molar-refractivity contribution in [2.45, 2.75) is 6.04 Å². The Morgan fingerprint density at radius 1 is 1.47 bits per heavy atom. The number of nitrogens with two attached hydrogens (primary N) is 1. The lowest BCUT2D eigenvalue weighted by Crippen LogP contribution is -2.13. The molecule has 3 N–H and O–H groups in total. The molecule has 1 aromatic heterocycles. The summed E-state index contributed by atoms with van der Waals surface area (Å²) in [5.74, 6) is -1.69. The fourth-order valence-corrected chi connectivity index (χ4v) is 1.56. The van der Waals surface area contributed by atoms with Crippen LogP contribution in [0.25, 0.3) is 0 Å². The molecule has 1 heterocycles. The molecule has 0 aliphatic rings. The van der Waals surface area contributed by atoms with Crippen molar-refractivity contribution in [2.75, 3.05) is 0 Å². The van der Waals surface area contributed by atoms with Crippen LogP contribution >= 0.6 is 11.6 Å². The minimum Gasteiger partial charge on any atom is -0.475 e. The molecule has 1 atom stereocenters. The summed E-state index contributed by atoms with van der Waals surface area (Å²) >= 11 is 5.95. The Morgan fingerprint density at radius 2 is 2.18 bits per heavy atom. The van der Waals surface area contributed by atoms with Crippen LogP contribution in [0.2, 0.25) is 5.02 Å². The van der Waals surface area contributed by atoms with Gasteiger partial charge >= 0.3 is 5.97 Å². The van der Waals surface area contributed by atoms with E-state index in [4.69, 9.17) is 27.0 Å². The number of rotatable bonds is 3. The zero-order valence-electron chi connectivity index (χ0n) is 8.50. The summed E-state index contributed by atoms with van der Waals surface area (Å²) in [6, 6.07) is 6.15. The molecule has 0 spiro atoms. The van der Waals surface area contributed by atoms with Crippen molar-refractivity contribution in [2.24, 2.45) is 5.73 Å². The van der Waals surface area contributed by atoms with E-state index in [0.29, 0.717) is 10.6 Å². The fraction of sp³-hybridized carbons (Fsp3) is 0.100. The predicted octanol–water partition coefficient (Wildman–Crippen LogP) is 1.47. The number of hydrogen-bond donors (Lipinski definition) is 2. The molecule has 88 valence electrons. The second-order valence-electron chi connectivity index (χ2n) is 3.26. The first-order valence-corrected chi connectivity index (χ1v) is 5.04. The van der Waals surface area contributed by atoms with Gasteiger partial charge in [-0.2, -0.15) is 4.98 Å². The summed E-state index contributed by atoms with van der Waals surface area (Å²) in [6.45, 7) is 0. The summed E-state index contributed by atoms with van der Waals surface area (Å²) in [6.07, 6.45) is 0. The van der Waals surface area contributed by atoms with Crippen LogP contribution in [0.5, 0.6) is 0 Å². The SMILES string of the molecule is N[C@@H](c1nc(C(=O)O)no1)c1ccccc1Cl. The highest BCUT2D eigenvalue weighted by Crippen LogP contribution is 2.25. The first-order chi connectivity index (χ1) is 8.09. The van der Waals surface area contributed by atoms with Gasteiger partial charge in [-0.05, 0) is 16.8 Å². The normalized spacial score (nSPS) is 12.4. The molecule has 6 nitrogen and oxygen atoms in total. The molecule has 0 saturated heterocycles. The van der Waals surface area contributed by atoms with E-state index in [9.17, 15) is 4.79 Å². The van der Waals surface area contributed by atoms with Gasteiger partial charge in [0.25, 0.3) is 5.82 Å². The topological polar surface area (TPSA) is 102 Å². The Hall–Kier alpha value is -1.92. The van der Waals surface area contributed by atoms with Crippen LogP contribution in [0.3, 0.4) is 0 Å². The molecule has 0 saturated carbocycles. The number of hydrogen-bond acceptors (Lipinski definition) is 5. The van der Waals surface area contributed by atoms with Gasteiger partial charge in [0.1, 0.15) is 6.04 Å². The number of aromatic carboxylic acids is 1. The lowest BCUT2D eigenvalue weighted by Gasteiger charge is -2.08. The third kappa shape index (κ3) is 2.27. The van der Waals surface area contributed by atoms with E-state index in [0.717, 1.165) is 0 Å². The predicted molar refractivity (Wildman–Crippen MR) is 58.7 cm³/mol. The number of carboxylic acid groups (broad SMARTS) is 1. The van der Waals surface area contributed by atoms with E-state index in [1.807, 2.05) is 0 Å². The maximum atomic E-state index is 10.6. The summed E-state index contributed by atoms with van der Waals surface area (Å²) in [5, 5.41) is 12.4. The van der Waals surface area contributed by atoms with Crippen molar-refractivity contribution < 1.29 is 14.4 Å². The van der Waals surface area contributed by atoms with Crippen molar-refractivity contribution in [3.05, 3.63) is 46.6 Å². The third-order valence-corrected chi connectivity index (χ3v) is 2.48. The number of aromatic nitrogens is 2. The Balaban J connectivity index is 2.34. The number of halogens is 1. The smallest absolute Gasteiger partial charge is 0.377 e. The highest BCUT2D eigenvalue weighted by molar-refractivity contribution is 6.31. The van der Waals surface area contributed by atoms with Crippen LogP contribution in [0.4, 0.5) is 0 Å². The van der Waals surface area contributed by atoms with Gasteiger partial charge in [0.05, 0.1) is 0 Å². The number of nitrogens with zero attached hydrogens (tertiary/aromatic N) is 2. The summed E-state index contributed by atoms with van der Waals surface area (Å²) < 4.78 is 4.77. The summed E-state index contributed by atoms with van der Waals surface area (Å²) in [7, 11) is 0. The molecule has 0 fully saturated rings. The minimum atomic E-state index is -1.27. The van der Waals surface area contributed by atoms with Gasteiger partial charge < -0.3 is 15.4 Å². The molecule has 0 radical (unpaired) electrons. The average Bonchev–Trinajstić information content (AvgIpc) is 2.78. The fourth-order valence-electron chi connectivity index (χ4n) is 1.31. The first-order valence-electron chi connectivity index (χ1n) is 4.66. The molecular weight excluding hydrogens is 246 g/mol. The van der Waals surface area contributed by atoms with Gasteiger partial charge in [0.15, 0.2) is 0 Å². The van der Waals surface area contributed by atoms with Crippen LogP contribution in [-0.2, 0) is 0 Å². The summed E-state index contributed by atoms with van der Waals surface area (Å²) in [4.78, 5) is 14.3. The number of benzene rings is 1. The lowest BCUT2D eigenvalue weighted by molar-refractivity contribution is 0.0680. The maximum absolute atomic E-state index is 10.6. The molecule has 0 bridgehead atoms. The van der Waals surface area contributed by atoms with Crippen molar-refractivity contribution in [1.29, 1.82) is 0 Å². The second-order valence-corrected chi connectivity index (χ2v) is 3.67. The molecule has 0 aliphatic heterocycles. The zero-order chi connectivity index (χ0) is 12.4. The highest BCUT2D eigenvalue weighted by atomic mass is 35.5. The molecule has 0 amide bonds. The standard InChI is InChI=1S/C10H8ClN3O3/c11-6-4-2-1-3-5(6)7(12)9-13-8(10(15)16)14-17-9/h1-4,7H,12H2,(H,15,16)/t7-/m1/s1. The average molecular weight is 254 g/mol. The lowest BCUT2D eigenvalue weighted by atomic mass is 10.1. The van der Waals surface area contributed by atoms with Crippen molar-refractivity contribution in [1.82, 2.24) is 10.1 Å². The van der Waals surface area contributed by atoms with Gasteiger partial charge in [-0.1, -0.05) is 29.8 Å². The third-order valence-electron chi connectivity index (χ3n) is 2.14. The molecule has 7 heteroatoms. The molecule has 0 aliphatic carbocycles. The zero-order valence-corrected chi connectivity index (χ0v) is 9.26. The maximum Gasteiger partial charge on any atom is 0.377 e. The van der Waals surface area contributed by atoms with E-state index >= 15 is 0 Å². The van der Waals surface area contributed by atoms with E-state index in [2.05, 4.69) is 10.1 Å². The largest absolute Gasteiger partial charge is 0.475 e. The molecule has 2 rings (SSSR count). The van der Waals surface area contributed by atoms with Crippen molar-refractivity contribution >= 4 is 17.6 Å². The van der Waals surface area contributed by atoms with Crippen molar-refractivity contribution in [3.8, 4) is 0 Å². The minimum absolute atomic E-state index is 0.00972. The van der Waals surface area contributed by atoms with Gasteiger partial charge in [-0.25, -0.2) is 4.79 Å². The van der Waals surface area contributed by atoms with Gasteiger partial charge in [0.2, 0.25) is 5.89 Å². The first kappa shape index (κ1) is 11.6. The Labute approximate surface area is 101 Å². The van der Waals surface area contributed by atoms with Crippen molar-refractivity contribution in [3.63, 3.8) is 0 Å². The number of carboxylic acids is 1. The monoisotopic (exact) mass is 253 g/mol. The van der Waals surface area contributed by atoms with E-state index < -0.39 is 17.8 Å². The van der Waals surface area contributed by atoms with Gasteiger partial charge in [-0.15, -0.1) is 0 Å². The van der Waals surface area contributed by atoms with E-state index in [1.54, 1.807) is 24.3 Å². The number of carbonyl (C=O) groups is 1. The Morgan fingerprint density at radius 3 is 2.76 bits per heavy atom. The molecule has 2 aromatic rings. The molecule has 17 heavy (non-hydrogen) atoms. The van der Waals surface area contributed by atoms with Crippen LogP contribution in [0.1, 0.15) is 28.1 Å². The molecular formula is C10H8ClN3O3. The van der Waals surface area contributed by atoms with Crippen LogP contribution in [-0.4, -0.2) is 21.2 Å². The Kier molecular flexibility index (Phi) is 3.08. The van der Waals surface area contributed by atoms with Crippen LogP contribution < -0.4 is 5.73 Å². The van der Waals surface area contributed by atoms with Crippen LogP contribution in [0.15, 0.2) is 28.8 Å². The molecule has 0 unspecified atom stereocenters. The quantitative estimate of drug-likeness (QED) is 0.859. The Bertz CT molecular complexity index is 555. The highest BCUT2D eigenvalue weighted by Gasteiger charge is 2.21. The van der Waals surface area contributed by atoms with Gasteiger partial charge in [-0.3, -0.25) is 0 Å². The van der Waals surface area contributed by atoms with Gasteiger partial charge in [0, 0.05) is 5.02 Å². The molecule has 1 aromatic carbocycles. The van der Waals surface area contributed by atoms with E-state index in [1.165, 1.54) is 0 Å².